The number of amides is 1. The van der Waals surface area contributed by atoms with E-state index in [2.05, 4.69) is 5.32 Å². The molecule has 37 heavy (non-hydrogen) atoms. The number of carboxylic acid groups (broad SMARTS) is 1. The maximum Gasteiger partial charge on any atom is 0.416 e. The van der Waals surface area contributed by atoms with Gasteiger partial charge < -0.3 is 15.2 Å². The number of nitrogens with one attached hydrogen (secondary N) is 1. The fourth-order valence-electron chi connectivity index (χ4n) is 5.88. The van der Waals surface area contributed by atoms with Crippen molar-refractivity contribution in [3.63, 3.8) is 0 Å². The molecule has 1 atom stereocenters. The molecule has 0 saturated heterocycles. The first-order valence-electron chi connectivity index (χ1n) is 12.1. The number of carbonyl (C=O) groups is 2. The molecule has 0 aromatic heterocycles. The number of ether oxygens (including phenoxy) is 1. The van der Waals surface area contributed by atoms with Gasteiger partial charge in [-0.3, -0.25) is 4.79 Å². The van der Waals surface area contributed by atoms with Crippen LogP contribution >= 0.6 is 0 Å². The molecular formula is C28H25F4NO4. The minimum absolute atomic E-state index is 0.0706. The molecule has 2 aliphatic carbocycles. The number of fused-ring (bicyclic) bond motifs is 3. The van der Waals surface area contributed by atoms with Crippen molar-refractivity contribution in [3.05, 3.63) is 77.1 Å². The maximum atomic E-state index is 13.9. The fraction of sp³-hybridized carbons (Fsp3) is 0.357. The van der Waals surface area contributed by atoms with E-state index < -0.39 is 40.9 Å². The third kappa shape index (κ3) is 4.86. The number of carbonyl (C=O) groups excluding carboxylic acids is 1. The molecule has 0 heterocycles. The van der Waals surface area contributed by atoms with E-state index in [0.717, 1.165) is 44.2 Å². The van der Waals surface area contributed by atoms with E-state index >= 15 is 0 Å². The van der Waals surface area contributed by atoms with Crippen LogP contribution in [-0.4, -0.2) is 23.0 Å². The molecule has 0 radical (unpaired) electrons. The molecule has 3 aromatic carbocycles. The highest BCUT2D eigenvalue weighted by Gasteiger charge is 2.53. The van der Waals surface area contributed by atoms with Gasteiger partial charge in [0.2, 0.25) is 0 Å². The smallest absolute Gasteiger partial charge is 0.416 e. The third-order valence-corrected chi connectivity index (χ3v) is 7.77. The highest BCUT2D eigenvalue weighted by Crippen LogP contribution is 2.56. The second kappa shape index (κ2) is 9.36. The van der Waals surface area contributed by atoms with Gasteiger partial charge in [-0.05, 0) is 85.4 Å². The Morgan fingerprint density at radius 2 is 1.76 bits per heavy atom. The van der Waals surface area contributed by atoms with Gasteiger partial charge in [-0.15, -0.1) is 0 Å². The average Bonchev–Trinajstić information content (AvgIpc) is 3.47. The van der Waals surface area contributed by atoms with E-state index in [1.54, 1.807) is 6.07 Å². The first-order valence-corrected chi connectivity index (χ1v) is 12.1. The molecule has 194 valence electrons. The number of halogens is 4. The molecule has 1 unspecified atom stereocenters. The molecule has 9 heteroatoms. The SMILES string of the molecule is O=C(NC(C(=O)O)C12CCC(CC1)C2)c1ccc2cc(F)ccc2c1OCc1ccc(C(F)(F)F)cc1. The lowest BCUT2D eigenvalue weighted by atomic mass is 9.77. The van der Waals surface area contributed by atoms with Crippen molar-refractivity contribution in [2.45, 2.75) is 50.9 Å². The van der Waals surface area contributed by atoms with Gasteiger partial charge in [0.1, 0.15) is 24.2 Å². The standard InChI is InChI=1S/C28H25F4NO4/c29-20-6-8-21-18(13-20)3-7-22(23(21)37-15-17-1-4-19(5-2-17)28(30,31)32)25(34)33-24(26(35)36)27-11-9-16(14-27)10-12-27/h1-8,13,16,24H,9-12,14-15H2,(H,33,34)(H,35,36). The first kappa shape index (κ1) is 25.0. The second-order valence-electron chi connectivity index (χ2n) is 10.0. The molecule has 2 fully saturated rings. The average molecular weight is 516 g/mol. The molecule has 0 aliphatic heterocycles. The summed E-state index contributed by atoms with van der Waals surface area (Å²) in [6.07, 6.45) is -0.334. The van der Waals surface area contributed by atoms with Gasteiger partial charge in [-0.1, -0.05) is 18.2 Å². The van der Waals surface area contributed by atoms with Crippen LogP contribution in [0.1, 0.15) is 53.6 Å². The number of benzene rings is 3. The molecule has 0 spiro atoms. The minimum Gasteiger partial charge on any atom is -0.487 e. The predicted molar refractivity (Wildman–Crippen MR) is 128 cm³/mol. The van der Waals surface area contributed by atoms with Crippen molar-refractivity contribution in [3.8, 4) is 5.75 Å². The van der Waals surface area contributed by atoms with Crippen molar-refractivity contribution in [2.24, 2.45) is 11.3 Å². The van der Waals surface area contributed by atoms with Crippen LogP contribution in [-0.2, 0) is 17.6 Å². The van der Waals surface area contributed by atoms with Crippen LogP contribution in [0.2, 0.25) is 0 Å². The van der Waals surface area contributed by atoms with Gasteiger partial charge in [-0.2, -0.15) is 13.2 Å². The van der Waals surface area contributed by atoms with Crippen LogP contribution < -0.4 is 10.1 Å². The van der Waals surface area contributed by atoms with Crippen molar-refractivity contribution in [1.82, 2.24) is 5.32 Å². The van der Waals surface area contributed by atoms with Crippen LogP contribution in [0.15, 0.2) is 54.6 Å². The zero-order valence-electron chi connectivity index (χ0n) is 19.8. The van der Waals surface area contributed by atoms with Crippen LogP contribution in [0.4, 0.5) is 17.6 Å². The van der Waals surface area contributed by atoms with Gasteiger partial charge in [0.05, 0.1) is 11.1 Å². The Morgan fingerprint density at radius 1 is 1.05 bits per heavy atom. The molecule has 5 rings (SSSR count). The zero-order chi connectivity index (χ0) is 26.4. The second-order valence-corrected chi connectivity index (χ2v) is 10.0. The molecule has 2 N–H and O–H groups in total. The largest absolute Gasteiger partial charge is 0.487 e. The van der Waals surface area contributed by atoms with Gasteiger partial charge >= 0.3 is 12.1 Å². The summed E-state index contributed by atoms with van der Waals surface area (Å²) in [5.74, 6) is -1.62. The maximum absolute atomic E-state index is 13.9. The van der Waals surface area contributed by atoms with E-state index in [0.29, 0.717) is 22.3 Å². The lowest BCUT2D eigenvalue weighted by Crippen LogP contribution is -2.51. The molecule has 1 amide bonds. The normalized spacial score (nSPS) is 21.7. The summed E-state index contributed by atoms with van der Waals surface area (Å²) in [7, 11) is 0. The monoisotopic (exact) mass is 515 g/mol. The fourth-order valence-corrected chi connectivity index (χ4v) is 5.88. The van der Waals surface area contributed by atoms with Crippen molar-refractivity contribution >= 4 is 22.6 Å². The Labute approximate surface area is 210 Å². The van der Waals surface area contributed by atoms with Crippen molar-refractivity contribution in [1.29, 1.82) is 0 Å². The number of rotatable bonds is 7. The molecule has 2 bridgehead atoms. The minimum atomic E-state index is -4.47. The number of carboxylic acids is 1. The summed E-state index contributed by atoms with van der Waals surface area (Å²) in [5, 5.41) is 13.6. The summed E-state index contributed by atoms with van der Waals surface area (Å²) in [4.78, 5) is 25.6. The number of hydrogen-bond acceptors (Lipinski definition) is 3. The van der Waals surface area contributed by atoms with Gasteiger partial charge in [0, 0.05) is 10.8 Å². The van der Waals surface area contributed by atoms with E-state index in [1.807, 2.05) is 0 Å². The van der Waals surface area contributed by atoms with E-state index in [-0.39, 0.29) is 17.9 Å². The Balaban J connectivity index is 1.45. The Morgan fingerprint density at radius 3 is 2.35 bits per heavy atom. The van der Waals surface area contributed by atoms with Gasteiger partial charge in [-0.25, -0.2) is 9.18 Å². The van der Waals surface area contributed by atoms with E-state index in [9.17, 15) is 32.3 Å². The van der Waals surface area contributed by atoms with Crippen LogP contribution in [0.25, 0.3) is 10.8 Å². The van der Waals surface area contributed by atoms with Crippen molar-refractivity contribution < 1.29 is 37.0 Å². The lowest BCUT2D eigenvalue weighted by molar-refractivity contribution is -0.143. The quantitative estimate of drug-likeness (QED) is 0.360. The summed E-state index contributed by atoms with van der Waals surface area (Å²) in [6.45, 7) is -0.150. The van der Waals surface area contributed by atoms with E-state index in [4.69, 9.17) is 4.74 Å². The van der Waals surface area contributed by atoms with Crippen molar-refractivity contribution in [2.75, 3.05) is 0 Å². The highest BCUT2D eigenvalue weighted by atomic mass is 19.4. The number of aliphatic carboxylic acids is 1. The Hall–Kier alpha value is -3.62. The van der Waals surface area contributed by atoms with Gasteiger partial charge in [0.15, 0.2) is 0 Å². The summed E-state index contributed by atoms with van der Waals surface area (Å²) < 4.78 is 58.5. The molecule has 3 aromatic rings. The zero-order valence-corrected chi connectivity index (χ0v) is 19.8. The summed E-state index contributed by atoms with van der Waals surface area (Å²) in [6, 6.07) is 10.3. The molecule has 2 aliphatic rings. The predicted octanol–water partition coefficient (Wildman–Crippen LogP) is 6.34. The highest BCUT2D eigenvalue weighted by molar-refractivity contribution is 6.05. The van der Waals surface area contributed by atoms with Gasteiger partial charge in [0.25, 0.3) is 5.91 Å². The van der Waals surface area contributed by atoms with Crippen LogP contribution in [0, 0.1) is 17.2 Å². The lowest BCUT2D eigenvalue weighted by Gasteiger charge is -2.33. The molecule has 2 saturated carbocycles. The Bertz CT molecular complexity index is 1340. The topological polar surface area (TPSA) is 75.6 Å². The van der Waals surface area contributed by atoms with Crippen LogP contribution in [0.5, 0.6) is 5.75 Å². The summed E-state index contributed by atoms with van der Waals surface area (Å²) >= 11 is 0. The number of alkyl halides is 3. The number of hydrogen-bond donors (Lipinski definition) is 2. The Kier molecular flexibility index (Phi) is 6.33. The molecular weight excluding hydrogens is 490 g/mol. The van der Waals surface area contributed by atoms with E-state index in [1.165, 1.54) is 36.4 Å². The first-order chi connectivity index (χ1) is 17.6. The molecule has 5 nitrogen and oxygen atoms in total. The third-order valence-electron chi connectivity index (χ3n) is 7.77. The summed E-state index contributed by atoms with van der Waals surface area (Å²) in [5.41, 5.74) is -0.769. The van der Waals surface area contributed by atoms with Crippen LogP contribution in [0.3, 0.4) is 0 Å².